The number of nitrogens with zero attached hydrogens (tertiary/aromatic N) is 2. The number of amides is 1. The Bertz CT molecular complexity index is 1190. The molecule has 1 saturated heterocycles. The van der Waals surface area contributed by atoms with Crippen molar-refractivity contribution in [3.05, 3.63) is 53.6 Å². The molecule has 0 bridgehead atoms. The Kier molecular flexibility index (Phi) is 6.74. The number of methoxy groups -OCH3 is 1. The number of fused-ring (bicyclic) bond motifs is 1. The second-order valence-corrected chi connectivity index (χ2v) is 26.1. The molecule has 9 heteroatoms. The summed E-state index contributed by atoms with van der Waals surface area (Å²) >= 11 is -2.17. The number of sulfonamides is 1. The molecule has 1 amide bonds. The number of carbonyl (C=O) groups excluding carboxylic acids is 2. The maximum absolute atomic E-state index is 13.3. The van der Waals surface area contributed by atoms with E-state index in [1.807, 2.05) is 12.1 Å². The van der Waals surface area contributed by atoms with Crippen LogP contribution in [0.2, 0.25) is 14.8 Å². The van der Waals surface area contributed by atoms with Crippen LogP contribution in [0.1, 0.15) is 28.8 Å². The van der Waals surface area contributed by atoms with E-state index in [0.717, 1.165) is 18.4 Å². The fourth-order valence-corrected chi connectivity index (χ4v) is 9.55. The number of anilines is 1. The quantitative estimate of drug-likeness (QED) is 0.374. The Balaban J connectivity index is 1.62. The summed E-state index contributed by atoms with van der Waals surface area (Å²) in [4.78, 5) is 34.0. The van der Waals surface area contributed by atoms with Gasteiger partial charge in [-0.25, -0.2) is 0 Å². The fraction of sp³-hybridized carbons (Fsp3) is 0.417. The number of ketones is 1. The number of carbonyl (C=O) groups is 2. The predicted octanol–water partition coefficient (Wildman–Crippen LogP) is 2.76. The maximum atomic E-state index is 13.3. The molecule has 4 rings (SSSR count). The number of Topliss-reactive ketones (excluding diaryl/α,β-unsaturated/α-hetero) is 1. The van der Waals surface area contributed by atoms with Crippen molar-refractivity contribution in [2.75, 3.05) is 25.2 Å². The van der Waals surface area contributed by atoms with Crippen molar-refractivity contribution >= 4 is 49.4 Å². The molecule has 33 heavy (non-hydrogen) atoms. The first-order chi connectivity index (χ1) is 15.5. The SMILES string of the molecule is COCC1CCCN1S(=O)(=O)c1ccc2c(c1)C(=O)C(=O)N2Cc1cc[c]([Sn]([CH3])([CH3])[CH3])cc1. The zero-order valence-corrected chi connectivity index (χ0v) is 23.2. The van der Waals surface area contributed by atoms with Crippen LogP contribution in [0, 0.1) is 0 Å². The Morgan fingerprint density at radius 1 is 1.06 bits per heavy atom. The van der Waals surface area contributed by atoms with E-state index in [0.29, 0.717) is 18.8 Å². The summed E-state index contributed by atoms with van der Waals surface area (Å²) in [7, 11) is -2.24. The molecule has 2 aliphatic heterocycles. The molecule has 0 aromatic heterocycles. The standard InChI is InChI=1S/C21H21N2O5S.3CH3.Sn/c1-28-14-16-8-5-11-23(16)29(26,27)17-9-10-19-18(12-17)20(24)21(25)22(19)13-15-6-3-2-4-7-15;;;;/h3-4,6-7,9-10,12,16H,5,8,11,13-14H2,1H3;3*1H3;. The van der Waals surface area contributed by atoms with Gasteiger partial charge in [-0.05, 0) is 12.8 Å². The van der Waals surface area contributed by atoms with Gasteiger partial charge in [-0.15, -0.1) is 0 Å². The van der Waals surface area contributed by atoms with Crippen LogP contribution in [-0.2, 0) is 26.1 Å². The first-order valence-corrected chi connectivity index (χ1v) is 22.6. The molecule has 1 fully saturated rings. The molecule has 2 heterocycles. The molecule has 2 aromatic rings. The summed E-state index contributed by atoms with van der Waals surface area (Å²) in [5.41, 5.74) is 1.53. The monoisotopic (exact) mass is 578 g/mol. The summed E-state index contributed by atoms with van der Waals surface area (Å²) in [5, 5.41) is 0. The van der Waals surface area contributed by atoms with E-state index in [1.54, 1.807) is 13.2 Å². The molecular formula is C24H30N2O5SSn. The minimum absolute atomic E-state index is 0.0364. The average molecular weight is 577 g/mol. The van der Waals surface area contributed by atoms with Crippen LogP contribution >= 0.6 is 0 Å². The van der Waals surface area contributed by atoms with Gasteiger partial charge in [0.2, 0.25) is 0 Å². The molecule has 1 atom stereocenters. The van der Waals surface area contributed by atoms with Gasteiger partial charge in [0.05, 0.1) is 6.61 Å². The minimum atomic E-state index is -3.79. The normalized spacial score (nSPS) is 19.4. The van der Waals surface area contributed by atoms with Crippen LogP contribution in [-0.4, -0.2) is 69.1 Å². The van der Waals surface area contributed by atoms with E-state index < -0.39 is 40.1 Å². The van der Waals surface area contributed by atoms with E-state index in [1.165, 1.54) is 24.9 Å². The Morgan fingerprint density at radius 2 is 1.76 bits per heavy atom. The van der Waals surface area contributed by atoms with E-state index in [4.69, 9.17) is 4.74 Å². The summed E-state index contributed by atoms with van der Waals surface area (Å²) in [6.07, 6.45) is 1.50. The van der Waals surface area contributed by atoms with E-state index in [9.17, 15) is 18.0 Å². The molecule has 0 saturated carbocycles. The average Bonchev–Trinajstić information content (AvgIpc) is 3.33. The first-order valence-electron chi connectivity index (χ1n) is 11.1. The fourth-order valence-electron chi connectivity index (χ4n) is 4.51. The van der Waals surface area contributed by atoms with Crippen LogP contribution in [0.3, 0.4) is 0 Å². The van der Waals surface area contributed by atoms with E-state index in [2.05, 4.69) is 27.0 Å². The zero-order valence-electron chi connectivity index (χ0n) is 19.5. The van der Waals surface area contributed by atoms with Gasteiger partial charge in [0, 0.05) is 19.7 Å². The van der Waals surface area contributed by atoms with Gasteiger partial charge in [-0.1, -0.05) is 0 Å². The number of benzene rings is 2. The van der Waals surface area contributed by atoms with Gasteiger partial charge < -0.3 is 4.74 Å². The summed E-state index contributed by atoms with van der Waals surface area (Å²) in [6, 6.07) is 12.5. The number of rotatable bonds is 7. The molecule has 0 N–H and O–H groups in total. The van der Waals surface area contributed by atoms with Crippen LogP contribution in [0.5, 0.6) is 0 Å². The second-order valence-electron chi connectivity index (χ2n) is 9.71. The summed E-state index contributed by atoms with van der Waals surface area (Å²) < 4.78 is 34.5. The molecule has 1 unspecified atom stereocenters. The summed E-state index contributed by atoms with van der Waals surface area (Å²) in [5.74, 6) is -1.29. The molecule has 7 nitrogen and oxygen atoms in total. The number of hydrogen-bond acceptors (Lipinski definition) is 5. The third kappa shape index (κ3) is 4.62. The van der Waals surface area contributed by atoms with Gasteiger partial charge in [0.15, 0.2) is 0 Å². The Morgan fingerprint density at radius 3 is 2.39 bits per heavy atom. The number of ether oxygens (including phenoxy) is 1. The Hall–Kier alpha value is -1.75. The van der Waals surface area contributed by atoms with Gasteiger partial charge in [0.1, 0.15) is 0 Å². The Labute approximate surface area is 199 Å². The van der Waals surface area contributed by atoms with Crippen molar-refractivity contribution in [1.82, 2.24) is 4.31 Å². The van der Waals surface area contributed by atoms with Crippen molar-refractivity contribution in [3.63, 3.8) is 0 Å². The van der Waals surface area contributed by atoms with Gasteiger partial charge in [-0.3, -0.25) is 0 Å². The van der Waals surface area contributed by atoms with Crippen LogP contribution in [0.25, 0.3) is 0 Å². The van der Waals surface area contributed by atoms with Gasteiger partial charge in [-0.2, -0.15) is 0 Å². The van der Waals surface area contributed by atoms with Crippen molar-refractivity contribution in [2.24, 2.45) is 0 Å². The van der Waals surface area contributed by atoms with E-state index in [-0.39, 0.29) is 23.0 Å². The van der Waals surface area contributed by atoms with Crippen molar-refractivity contribution < 1.29 is 22.7 Å². The van der Waals surface area contributed by atoms with Gasteiger partial charge >= 0.3 is 156 Å². The third-order valence-electron chi connectivity index (χ3n) is 6.39. The van der Waals surface area contributed by atoms with E-state index >= 15 is 0 Å². The number of hydrogen-bond donors (Lipinski definition) is 0. The van der Waals surface area contributed by atoms with Crippen LogP contribution in [0.4, 0.5) is 5.69 Å². The second kappa shape index (κ2) is 9.13. The van der Waals surface area contributed by atoms with Crippen LogP contribution in [0.15, 0.2) is 47.4 Å². The molecule has 176 valence electrons. The molecular weight excluding hydrogens is 547 g/mol. The predicted molar refractivity (Wildman–Crippen MR) is 130 cm³/mol. The molecule has 0 radical (unpaired) electrons. The third-order valence-corrected chi connectivity index (χ3v) is 14.2. The zero-order chi connectivity index (χ0) is 24.0. The molecule has 2 aliphatic rings. The molecule has 2 aromatic carbocycles. The van der Waals surface area contributed by atoms with Crippen LogP contribution < -0.4 is 8.48 Å². The summed E-state index contributed by atoms with van der Waals surface area (Å²) in [6.45, 7) is 1.01. The van der Waals surface area contributed by atoms with Crippen molar-refractivity contribution in [1.29, 1.82) is 0 Å². The van der Waals surface area contributed by atoms with Crippen molar-refractivity contribution in [3.8, 4) is 0 Å². The molecule has 0 spiro atoms. The topological polar surface area (TPSA) is 84.0 Å². The molecule has 0 aliphatic carbocycles. The first kappa shape index (κ1) is 24.4. The van der Waals surface area contributed by atoms with Crippen molar-refractivity contribution in [2.45, 2.75) is 45.1 Å². The van der Waals surface area contributed by atoms with Gasteiger partial charge in [0.25, 0.3) is 0 Å².